The number of amides is 1. The molecule has 3 rings (SSSR count). The second-order valence-corrected chi connectivity index (χ2v) is 7.10. The third-order valence-electron chi connectivity index (χ3n) is 3.57. The highest BCUT2D eigenvalue weighted by Gasteiger charge is 2.18. The lowest BCUT2D eigenvalue weighted by molar-refractivity contribution is 0.0602. The fourth-order valence-electron chi connectivity index (χ4n) is 2.35. The van der Waals surface area contributed by atoms with Crippen molar-refractivity contribution in [2.45, 2.75) is 0 Å². The molecule has 0 saturated heterocycles. The Kier molecular flexibility index (Phi) is 5.24. The monoisotopic (exact) mass is 479 g/mol. The number of nitrogens with one attached hydrogen (secondary N) is 1. The van der Waals surface area contributed by atoms with Gasteiger partial charge in [-0.2, -0.15) is 0 Å². The van der Waals surface area contributed by atoms with Gasteiger partial charge in [0.15, 0.2) is 0 Å². The van der Waals surface area contributed by atoms with Crippen LogP contribution in [-0.4, -0.2) is 19.0 Å². The molecule has 1 aromatic heterocycles. The number of hydrogen-bond acceptors (Lipinski definition) is 5. The lowest BCUT2D eigenvalue weighted by Gasteiger charge is -2.10. The quantitative estimate of drug-likeness (QED) is 0.444. The van der Waals surface area contributed by atoms with Crippen molar-refractivity contribution in [3.05, 3.63) is 73.0 Å². The number of benzene rings is 2. The number of hydrogen-bond donors (Lipinski definition) is 1. The van der Waals surface area contributed by atoms with Crippen LogP contribution in [0.1, 0.15) is 20.7 Å². The topological polar surface area (TPSA) is 85.6 Å². The van der Waals surface area contributed by atoms with E-state index < -0.39 is 17.5 Å². The molecule has 0 spiro atoms. The van der Waals surface area contributed by atoms with E-state index in [1.807, 2.05) is 0 Å². The molecule has 1 N–H and O–H groups in total. The summed E-state index contributed by atoms with van der Waals surface area (Å²) in [4.78, 5) is 36.6. The zero-order chi connectivity index (χ0) is 18.8. The van der Waals surface area contributed by atoms with Crippen LogP contribution < -0.4 is 10.9 Å². The van der Waals surface area contributed by atoms with E-state index >= 15 is 0 Å². The summed E-state index contributed by atoms with van der Waals surface area (Å²) in [6.07, 6.45) is 0. The average Bonchev–Trinajstić information content (AvgIpc) is 2.62. The van der Waals surface area contributed by atoms with Gasteiger partial charge in [0, 0.05) is 14.3 Å². The maximum Gasteiger partial charge on any atom is 0.349 e. The first kappa shape index (κ1) is 18.3. The lowest BCUT2D eigenvalue weighted by Crippen LogP contribution is -2.22. The first-order valence-electron chi connectivity index (χ1n) is 7.31. The first-order valence-corrected chi connectivity index (χ1v) is 8.90. The Morgan fingerprint density at radius 3 is 2.42 bits per heavy atom. The first-order chi connectivity index (χ1) is 12.4. The Morgan fingerprint density at radius 2 is 1.69 bits per heavy atom. The van der Waals surface area contributed by atoms with Gasteiger partial charge in [0.25, 0.3) is 5.91 Å². The number of carbonyl (C=O) groups is 2. The number of halogens is 2. The minimum Gasteiger partial charge on any atom is -0.465 e. The van der Waals surface area contributed by atoms with Crippen LogP contribution in [0.4, 0.5) is 5.69 Å². The van der Waals surface area contributed by atoms with Gasteiger partial charge in [-0.1, -0.05) is 31.9 Å². The second kappa shape index (κ2) is 7.43. The van der Waals surface area contributed by atoms with Crippen LogP contribution >= 0.6 is 31.9 Å². The van der Waals surface area contributed by atoms with Gasteiger partial charge in [-0.15, -0.1) is 0 Å². The van der Waals surface area contributed by atoms with Crippen molar-refractivity contribution >= 4 is 60.4 Å². The summed E-state index contributed by atoms with van der Waals surface area (Å²) in [5.41, 5.74) is -0.195. The molecule has 0 aliphatic heterocycles. The van der Waals surface area contributed by atoms with Crippen LogP contribution in [0.15, 0.2) is 60.6 Å². The Morgan fingerprint density at radius 1 is 1.00 bits per heavy atom. The molecule has 0 aliphatic rings. The van der Waals surface area contributed by atoms with Gasteiger partial charge in [-0.05, 0) is 42.5 Å². The van der Waals surface area contributed by atoms with E-state index in [2.05, 4.69) is 37.2 Å². The van der Waals surface area contributed by atoms with Crippen molar-refractivity contribution in [2.24, 2.45) is 0 Å². The van der Waals surface area contributed by atoms with E-state index in [1.54, 1.807) is 24.3 Å². The van der Waals surface area contributed by atoms with E-state index in [4.69, 9.17) is 9.15 Å². The summed E-state index contributed by atoms with van der Waals surface area (Å²) in [6.45, 7) is 0. The fraction of sp³-hybridized carbons (Fsp3) is 0.0556. The number of esters is 1. The molecule has 0 fully saturated rings. The molecule has 1 heterocycles. The summed E-state index contributed by atoms with van der Waals surface area (Å²) in [5.74, 6) is -1.30. The van der Waals surface area contributed by atoms with Gasteiger partial charge in [-0.3, -0.25) is 4.79 Å². The average molecular weight is 481 g/mol. The SMILES string of the molecule is COC(=O)c1cc(Br)ccc1NC(=O)c1cc2cc(Br)ccc2oc1=O. The summed E-state index contributed by atoms with van der Waals surface area (Å²) in [5, 5.41) is 3.15. The lowest BCUT2D eigenvalue weighted by atomic mass is 10.1. The number of anilines is 1. The van der Waals surface area contributed by atoms with Crippen LogP contribution in [0.2, 0.25) is 0 Å². The van der Waals surface area contributed by atoms with Crippen molar-refractivity contribution < 1.29 is 18.7 Å². The van der Waals surface area contributed by atoms with E-state index in [-0.39, 0.29) is 16.8 Å². The third-order valence-corrected chi connectivity index (χ3v) is 4.56. The van der Waals surface area contributed by atoms with E-state index in [0.717, 1.165) is 4.47 Å². The molecular formula is C18H11Br2NO5. The molecule has 0 atom stereocenters. The van der Waals surface area contributed by atoms with E-state index in [9.17, 15) is 14.4 Å². The Hall–Kier alpha value is -2.45. The predicted octanol–water partition coefficient (Wildman–Crippen LogP) is 4.36. The molecule has 2 aromatic carbocycles. The smallest absolute Gasteiger partial charge is 0.349 e. The number of ether oxygens (including phenoxy) is 1. The molecule has 0 bridgehead atoms. The third kappa shape index (κ3) is 3.71. The van der Waals surface area contributed by atoms with Crippen molar-refractivity contribution in [3.8, 4) is 0 Å². The molecule has 6 nitrogen and oxygen atoms in total. The van der Waals surface area contributed by atoms with Crippen LogP contribution in [0.3, 0.4) is 0 Å². The van der Waals surface area contributed by atoms with Crippen molar-refractivity contribution in [3.63, 3.8) is 0 Å². The minimum absolute atomic E-state index is 0.156. The molecule has 8 heteroatoms. The zero-order valence-corrected chi connectivity index (χ0v) is 16.5. The minimum atomic E-state index is -0.769. The Labute approximate surface area is 164 Å². The zero-order valence-electron chi connectivity index (χ0n) is 13.3. The summed E-state index contributed by atoms with van der Waals surface area (Å²) < 4.78 is 11.3. The fourth-order valence-corrected chi connectivity index (χ4v) is 3.09. The van der Waals surface area contributed by atoms with E-state index in [1.165, 1.54) is 25.3 Å². The van der Waals surface area contributed by atoms with Crippen LogP contribution in [0, 0.1) is 0 Å². The second-order valence-electron chi connectivity index (χ2n) is 5.27. The highest BCUT2D eigenvalue weighted by atomic mass is 79.9. The van der Waals surface area contributed by atoms with Crippen molar-refractivity contribution in [2.75, 3.05) is 12.4 Å². The van der Waals surface area contributed by atoms with Crippen molar-refractivity contribution in [1.82, 2.24) is 0 Å². The van der Waals surface area contributed by atoms with Gasteiger partial charge in [-0.25, -0.2) is 9.59 Å². The number of rotatable bonds is 3. The highest BCUT2D eigenvalue weighted by molar-refractivity contribution is 9.10. The number of carbonyl (C=O) groups excluding carboxylic acids is 2. The maximum absolute atomic E-state index is 12.6. The van der Waals surface area contributed by atoms with Crippen LogP contribution in [0.25, 0.3) is 11.0 Å². The van der Waals surface area contributed by atoms with Gasteiger partial charge < -0.3 is 14.5 Å². The van der Waals surface area contributed by atoms with Crippen LogP contribution in [0.5, 0.6) is 0 Å². The Bertz CT molecular complexity index is 1090. The van der Waals surface area contributed by atoms with Crippen molar-refractivity contribution in [1.29, 1.82) is 0 Å². The van der Waals surface area contributed by atoms with Gasteiger partial charge in [0.2, 0.25) is 0 Å². The summed E-state index contributed by atoms with van der Waals surface area (Å²) in [6, 6.07) is 11.2. The molecule has 26 heavy (non-hydrogen) atoms. The molecule has 1 amide bonds. The number of methoxy groups -OCH3 is 1. The standard InChI is InChI=1S/C18H11Br2NO5/c1-25-17(23)12-8-11(20)2-4-14(12)21-16(22)13-7-9-6-10(19)3-5-15(9)26-18(13)24/h2-8H,1H3,(H,21,22). The van der Waals surface area contributed by atoms with Gasteiger partial charge in [0.05, 0.1) is 18.4 Å². The molecule has 3 aromatic rings. The maximum atomic E-state index is 12.6. The summed E-state index contributed by atoms with van der Waals surface area (Å²) >= 11 is 6.59. The molecule has 0 saturated carbocycles. The number of fused-ring (bicyclic) bond motifs is 1. The Balaban J connectivity index is 2.01. The molecule has 0 radical (unpaired) electrons. The van der Waals surface area contributed by atoms with Crippen LogP contribution in [-0.2, 0) is 4.74 Å². The molecule has 132 valence electrons. The normalized spacial score (nSPS) is 10.6. The molecular weight excluding hydrogens is 470 g/mol. The van der Waals surface area contributed by atoms with Gasteiger partial charge >= 0.3 is 11.6 Å². The highest BCUT2D eigenvalue weighted by Crippen LogP contribution is 2.23. The van der Waals surface area contributed by atoms with E-state index in [0.29, 0.717) is 15.4 Å². The van der Waals surface area contributed by atoms with Gasteiger partial charge in [0.1, 0.15) is 11.1 Å². The largest absolute Gasteiger partial charge is 0.465 e. The predicted molar refractivity (Wildman–Crippen MR) is 104 cm³/mol. The molecule has 0 aliphatic carbocycles. The molecule has 0 unspecified atom stereocenters. The summed E-state index contributed by atoms with van der Waals surface area (Å²) in [7, 11) is 1.24.